The summed E-state index contributed by atoms with van der Waals surface area (Å²) in [7, 11) is 0. The predicted octanol–water partition coefficient (Wildman–Crippen LogP) is -2.19. The summed E-state index contributed by atoms with van der Waals surface area (Å²) >= 11 is 5.54. The Bertz CT molecular complexity index is 832. The number of carbonyl (C=O) groups excluding carboxylic acids is 2. The monoisotopic (exact) mass is 550 g/mol. The van der Waals surface area contributed by atoms with Gasteiger partial charge < -0.3 is 35.4 Å². The van der Waals surface area contributed by atoms with Crippen LogP contribution in [0, 0.1) is 0 Å². The molecule has 35 heavy (non-hydrogen) atoms. The van der Waals surface area contributed by atoms with Crippen LogP contribution in [0.3, 0.4) is 0 Å². The number of aliphatic carboxylic acids is 4. The van der Waals surface area contributed by atoms with Gasteiger partial charge in [-0.25, -0.2) is 9.59 Å². The molecule has 2 atom stereocenters. The fraction of sp³-hybridized carbons (Fsp3) is 0.333. The molecule has 182 valence electrons. The first-order valence-electron chi connectivity index (χ1n) is 8.40. The van der Waals surface area contributed by atoms with Gasteiger partial charge in [0, 0.05) is 5.02 Å². The number of hydrogen-bond donors (Lipinski definition) is 6. The standard InChI is InChI=1S/C12H14O13.C6H5Cl.3Na.3H/c13-5(14)1-11(23,9(19)20)3-7(17)25-8(18)4-12(24,10(21)22)2-6(15)16;7-6-4-2-1-3-5-6;;;;;;/h23-24H,1-4H2,(H,13,14)(H,15,16)(H,19,20)(H,21,22);1-5H;;;;;;. The topological polar surface area (TPSA) is 233 Å². The van der Waals surface area contributed by atoms with Gasteiger partial charge in [-0.1, -0.05) is 29.8 Å². The normalized spacial score (nSPS) is 12.7. The van der Waals surface area contributed by atoms with Gasteiger partial charge in [-0.05, 0) is 12.1 Å². The Labute approximate surface area is 269 Å². The zero-order valence-electron chi connectivity index (χ0n) is 16.1. The van der Waals surface area contributed by atoms with Crippen molar-refractivity contribution in [3.05, 3.63) is 35.4 Å². The van der Waals surface area contributed by atoms with E-state index < -0.39 is 72.7 Å². The first-order chi connectivity index (χ1) is 14.6. The van der Waals surface area contributed by atoms with Gasteiger partial charge >= 0.3 is 124 Å². The number of benzene rings is 1. The van der Waals surface area contributed by atoms with Crippen LogP contribution in [-0.4, -0.2) is 166 Å². The average Bonchev–Trinajstić information content (AvgIpc) is 2.60. The van der Waals surface area contributed by atoms with Crippen LogP contribution in [-0.2, 0) is 33.5 Å². The summed E-state index contributed by atoms with van der Waals surface area (Å²) in [5.41, 5.74) is -6.18. The number of carbonyl (C=O) groups is 6. The van der Waals surface area contributed by atoms with Crippen molar-refractivity contribution >= 4 is 136 Å². The number of esters is 2. The van der Waals surface area contributed by atoms with Crippen LogP contribution in [0.25, 0.3) is 0 Å². The Balaban J connectivity index is -0.000000411. The van der Waals surface area contributed by atoms with Crippen molar-refractivity contribution in [2.75, 3.05) is 0 Å². The van der Waals surface area contributed by atoms with E-state index in [0.717, 1.165) is 5.02 Å². The molecule has 1 rings (SSSR count). The number of ether oxygens (including phenoxy) is 1. The minimum atomic E-state index is -3.09. The van der Waals surface area contributed by atoms with Crippen molar-refractivity contribution in [2.24, 2.45) is 0 Å². The van der Waals surface area contributed by atoms with E-state index >= 15 is 0 Å². The maximum atomic E-state index is 11.4. The molecule has 1 aromatic carbocycles. The van der Waals surface area contributed by atoms with E-state index in [2.05, 4.69) is 4.74 Å². The number of carboxylic acid groups (broad SMARTS) is 4. The number of carboxylic acids is 4. The van der Waals surface area contributed by atoms with Crippen LogP contribution in [0.1, 0.15) is 25.7 Å². The summed E-state index contributed by atoms with van der Waals surface area (Å²) in [5, 5.41) is 54.4. The fourth-order valence-corrected chi connectivity index (χ4v) is 2.16. The molecule has 1 aromatic rings. The van der Waals surface area contributed by atoms with Crippen LogP contribution in [0.2, 0.25) is 5.02 Å². The third kappa shape index (κ3) is 17.5. The second kappa shape index (κ2) is 19.5. The molecule has 0 radical (unpaired) electrons. The molecule has 0 aliphatic heterocycles. The van der Waals surface area contributed by atoms with Crippen molar-refractivity contribution < 1.29 is 64.1 Å². The third-order valence-electron chi connectivity index (χ3n) is 3.52. The van der Waals surface area contributed by atoms with E-state index in [1.807, 2.05) is 30.3 Å². The molecule has 0 saturated carbocycles. The molecule has 6 N–H and O–H groups in total. The molecule has 0 fully saturated rings. The van der Waals surface area contributed by atoms with E-state index in [1.54, 1.807) is 0 Å². The predicted molar refractivity (Wildman–Crippen MR) is 123 cm³/mol. The van der Waals surface area contributed by atoms with Crippen molar-refractivity contribution in [3.8, 4) is 0 Å². The molecule has 0 heterocycles. The van der Waals surface area contributed by atoms with E-state index in [1.165, 1.54) is 0 Å². The third-order valence-corrected chi connectivity index (χ3v) is 3.77. The summed E-state index contributed by atoms with van der Waals surface area (Å²) in [5.74, 6) is -11.2. The van der Waals surface area contributed by atoms with Gasteiger partial charge in [-0.15, -0.1) is 0 Å². The van der Waals surface area contributed by atoms with Gasteiger partial charge in [0.15, 0.2) is 11.2 Å². The summed E-state index contributed by atoms with van der Waals surface area (Å²) in [6, 6.07) is 9.44. The molecular formula is C18H22ClNa3O13. The average molecular weight is 551 g/mol. The zero-order chi connectivity index (χ0) is 25.1. The van der Waals surface area contributed by atoms with Gasteiger partial charge in [-0.2, -0.15) is 0 Å². The van der Waals surface area contributed by atoms with E-state index in [4.69, 9.17) is 32.0 Å². The molecule has 0 aromatic heterocycles. The van der Waals surface area contributed by atoms with Crippen molar-refractivity contribution in [3.63, 3.8) is 0 Å². The first kappa shape index (κ1) is 41.6. The van der Waals surface area contributed by atoms with E-state index in [0.29, 0.717) is 0 Å². The van der Waals surface area contributed by atoms with E-state index in [9.17, 15) is 39.0 Å². The molecule has 2 unspecified atom stereocenters. The van der Waals surface area contributed by atoms with Gasteiger partial charge in [0.1, 0.15) is 0 Å². The van der Waals surface area contributed by atoms with Crippen molar-refractivity contribution in [1.82, 2.24) is 0 Å². The molecule has 13 nitrogen and oxygen atoms in total. The zero-order valence-corrected chi connectivity index (χ0v) is 16.9. The van der Waals surface area contributed by atoms with Crippen molar-refractivity contribution in [2.45, 2.75) is 36.9 Å². The summed E-state index contributed by atoms with van der Waals surface area (Å²) < 4.78 is 3.99. The fourth-order valence-electron chi connectivity index (χ4n) is 2.02. The number of aliphatic hydroxyl groups is 2. The minimum absolute atomic E-state index is 0. The molecule has 0 aliphatic rings. The van der Waals surface area contributed by atoms with Gasteiger partial charge in [0.05, 0.1) is 25.7 Å². The second-order valence-electron chi connectivity index (χ2n) is 6.31. The molecular weight excluding hydrogens is 529 g/mol. The SMILES string of the molecule is Clc1ccccc1.O=C(O)CC(O)(CC(=O)OC(=O)CC(O)(CC(=O)O)C(=O)O)C(=O)O.[NaH].[NaH].[NaH]. The van der Waals surface area contributed by atoms with Gasteiger partial charge in [0.2, 0.25) is 0 Å². The number of hydrogen-bond acceptors (Lipinski definition) is 9. The summed E-state index contributed by atoms with van der Waals surface area (Å²) in [6.45, 7) is 0. The number of halogens is 1. The van der Waals surface area contributed by atoms with Gasteiger partial charge in [0.25, 0.3) is 0 Å². The van der Waals surface area contributed by atoms with E-state index in [-0.39, 0.29) is 88.7 Å². The van der Waals surface area contributed by atoms with Gasteiger partial charge in [-0.3, -0.25) is 19.2 Å². The van der Waals surface area contributed by atoms with Crippen LogP contribution in [0.15, 0.2) is 30.3 Å². The molecule has 0 spiro atoms. The van der Waals surface area contributed by atoms with Crippen LogP contribution in [0.4, 0.5) is 0 Å². The molecule has 17 heteroatoms. The molecule has 0 aliphatic carbocycles. The summed E-state index contributed by atoms with van der Waals surface area (Å²) in [4.78, 5) is 65.5. The Kier molecular flexibility index (Phi) is 23.2. The Morgan fingerprint density at radius 1 is 0.657 bits per heavy atom. The van der Waals surface area contributed by atoms with Crippen LogP contribution in [0.5, 0.6) is 0 Å². The number of rotatable bonds is 10. The molecule has 0 saturated heterocycles. The quantitative estimate of drug-likeness (QED) is 0.103. The first-order valence-corrected chi connectivity index (χ1v) is 8.78. The Morgan fingerprint density at radius 3 is 1.17 bits per heavy atom. The second-order valence-corrected chi connectivity index (χ2v) is 6.75. The maximum absolute atomic E-state index is 11.4. The van der Waals surface area contributed by atoms with Crippen molar-refractivity contribution in [1.29, 1.82) is 0 Å². The Morgan fingerprint density at radius 2 is 0.971 bits per heavy atom. The summed E-state index contributed by atoms with van der Waals surface area (Å²) in [6.07, 6.45) is -5.73. The molecule has 0 bridgehead atoms. The van der Waals surface area contributed by atoms with Crippen LogP contribution < -0.4 is 0 Å². The Hall–Kier alpha value is -0.550. The van der Waals surface area contributed by atoms with Crippen LogP contribution >= 0.6 is 11.6 Å². The molecule has 0 amide bonds.